The molecule has 0 fully saturated rings. The van der Waals surface area contributed by atoms with Crippen LogP contribution in [0.15, 0.2) is 90.1 Å². The number of nitrogens with zero attached hydrogens (tertiary/aromatic N) is 2. The predicted octanol–water partition coefficient (Wildman–Crippen LogP) is 5.46. The van der Waals surface area contributed by atoms with Crippen molar-refractivity contribution < 1.29 is 9.53 Å². The highest BCUT2D eigenvalue weighted by molar-refractivity contribution is 8.00. The molecule has 0 aliphatic rings. The largest absolute Gasteiger partial charge is 0.497 e. The van der Waals surface area contributed by atoms with Crippen molar-refractivity contribution in [3.8, 4) is 5.75 Å². The predicted molar refractivity (Wildman–Crippen MR) is 128 cm³/mol. The van der Waals surface area contributed by atoms with Crippen LogP contribution < -0.4 is 10.1 Å². The van der Waals surface area contributed by atoms with Crippen molar-refractivity contribution in [1.82, 2.24) is 15.2 Å². The fourth-order valence-electron chi connectivity index (χ4n) is 3.01. The van der Waals surface area contributed by atoms with Gasteiger partial charge in [-0.2, -0.15) is 0 Å². The van der Waals surface area contributed by atoms with Crippen LogP contribution in [0.1, 0.15) is 22.2 Å². The zero-order valence-electron chi connectivity index (χ0n) is 17.4. The monoisotopic (exact) mass is 442 g/mol. The fraction of sp³-hybridized carbons (Fsp3) is 0.0800. The topological polar surface area (TPSA) is 79.9 Å². The number of hydrogen-bond acceptors (Lipinski definition) is 5. The molecule has 1 aromatic heterocycles. The third kappa shape index (κ3) is 5.65. The van der Waals surface area contributed by atoms with Crippen molar-refractivity contribution in [2.45, 2.75) is 10.4 Å². The maximum atomic E-state index is 13.1. The van der Waals surface area contributed by atoms with E-state index in [0.717, 1.165) is 16.9 Å². The van der Waals surface area contributed by atoms with E-state index < -0.39 is 5.25 Å². The molecule has 4 aromatic rings. The standard InChI is InChI=1S/C25H22N4O2S/c1-31-21-15-13-20(14-16-21)26-24(30)23(19-10-6-3-7-11-19)32-25-27-22(28-29-25)17-12-18-8-4-2-5-9-18/h2-17,23H,1H3,(H,26,30)(H,27,28,29)/b17-12+. The van der Waals surface area contributed by atoms with Gasteiger partial charge in [-0.3, -0.25) is 9.89 Å². The molecule has 160 valence electrons. The van der Waals surface area contributed by atoms with Gasteiger partial charge in [0, 0.05) is 5.69 Å². The van der Waals surface area contributed by atoms with Gasteiger partial charge >= 0.3 is 0 Å². The Bertz CT molecular complexity index is 1180. The molecule has 0 radical (unpaired) electrons. The number of anilines is 1. The maximum Gasteiger partial charge on any atom is 0.242 e. The number of nitrogens with one attached hydrogen (secondary N) is 2. The number of carbonyl (C=O) groups excluding carboxylic acids is 1. The molecule has 1 unspecified atom stereocenters. The molecule has 0 saturated carbocycles. The first kappa shape index (κ1) is 21.4. The molecule has 1 amide bonds. The molecule has 0 bridgehead atoms. The summed E-state index contributed by atoms with van der Waals surface area (Å²) in [5, 5.41) is 10.2. The maximum absolute atomic E-state index is 13.1. The van der Waals surface area contributed by atoms with Gasteiger partial charge in [-0.25, -0.2) is 4.98 Å². The van der Waals surface area contributed by atoms with Crippen molar-refractivity contribution in [2.24, 2.45) is 0 Å². The Morgan fingerprint density at radius 3 is 2.34 bits per heavy atom. The van der Waals surface area contributed by atoms with E-state index in [2.05, 4.69) is 20.5 Å². The first-order valence-electron chi connectivity index (χ1n) is 10.0. The highest BCUT2D eigenvalue weighted by Gasteiger charge is 2.24. The lowest BCUT2D eigenvalue weighted by atomic mass is 10.1. The van der Waals surface area contributed by atoms with Crippen LogP contribution >= 0.6 is 11.8 Å². The number of thioether (sulfide) groups is 1. The van der Waals surface area contributed by atoms with Gasteiger partial charge in [-0.1, -0.05) is 78.5 Å². The van der Waals surface area contributed by atoms with Crippen LogP contribution in [0, 0.1) is 0 Å². The summed E-state index contributed by atoms with van der Waals surface area (Å²) in [7, 11) is 1.61. The number of ether oxygens (including phenoxy) is 1. The van der Waals surface area contributed by atoms with Crippen LogP contribution in [0.3, 0.4) is 0 Å². The first-order chi connectivity index (χ1) is 15.7. The average molecular weight is 443 g/mol. The quantitative estimate of drug-likeness (QED) is 0.355. The second-order valence-corrected chi connectivity index (χ2v) is 7.95. The molecule has 7 heteroatoms. The highest BCUT2D eigenvalue weighted by Crippen LogP contribution is 2.34. The summed E-state index contributed by atoms with van der Waals surface area (Å²) in [4.78, 5) is 17.7. The number of H-pyrrole nitrogens is 1. The summed E-state index contributed by atoms with van der Waals surface area (Å²) in [5.74, 6) is 1.20. The highest BCUT2D eigenvalue weighted by atomic mass is 32.2. The van der Waals surface area contributed by atoms with Crippen LogP contribution in [0.4, 0.5) is 5.69 Å². The summed E-state index contributed by atoms with van der Waals surface area (Å²) in [6, 6.07) is 26.8. The summed E-state index contributed by atoms with van der Waals surface area (Å²) in [6.45, 7) is 0. The van der Waals surface area contributed by atoms with Gasteiger partial charge in [0.05, 0.1) is 7.11 Å². The number of amides is 1. The van der Waals surface area contributed by atoms with E-state index in [-0.39, 0.29) is 5.91 Å². The molecular formula is C25H22N4O2S. The minimum atomic E-state index is -0.514. The van der Waals surface area contributed by atoms with E-state index in [1.165, 1.54) is 11.8 Å². The number of aromatic nitrogens is 3. The molecule has 0 saturated heterocycles. The SMILES string of the molecule is COc1ccc(NC(=O)C(Sc2n[nH]c(/C=C/c3ccccc3)n2)c2ccccc2)cc1. The molecule has 1 heterocycles. The molecule has 1 atom stereocenters. The van der Waals surface area contributed by atoms with Gasteiger partial charge < -0.3 is 10.1 Å². The van der Waals surface area contributed by atoms with Crippen LogP contribution in [0.5, 0.6) is 5.75 Å². The van der Waals surface area contributed by atoms with Crippen molar-refractivity contribution >= 4 is 35.5 Å². The molecular weight excluding hydrogens is 420 g/mol. The summed E-state index contributed by atoms with van der Waals surface area (Å²) >= 11 is 1.30. The van der Waals surface area contributed by atoms with Crippen LogP contribution in [0.2, 0.25) is 0 Å². The summed E-state index contributed by atoms with van der Waals surface area (Å²) < 4.78 is 5.18. The molecule has 0 spiro atoms. The molecule has 3 aromatic carbocycles. The fourth-order valence-corrected chi connectivity index (χ4v) is 3.93. The molecule has 0 aliphatic heterocycles. The third-order valence-electron chi connectivity index (χ3n) is 4.64. The van der Waals surface area contributed by atoms with Crippen molar-refractivity contribution in [3.05, 3.63) is 102 Å². The van der Waals surface area contributed by atoms with E-state index in [1.54, 1.807) is 19.2 Å². The Hall–Kier alpha value is -3.84. The number of hydrogen-bond donors (Lipinski definition) is 2. The number of methoxy groups -OCH3 is 1. The Balaban J connectivity index is 1.50. The molecule has 32 heavy (non-hydrogen) atoms. The average Bonchev–Trinajstić information content (AvgIpc) is 3.30. The van der Waals surface area contributed by atoms with E-state index in [0.29, 0.717) is 16.7 Å². The lowest BCUT2D eigenvalue weighted by molar-refractivity contribution is -0.115. The zero-order valence-corrected chi connectivity index (χ0v) is 18.3. The molecule has 4 rings (SSSR count). The van der Waals surface area contributed by atoms with Crippen LogP contribution in [-0.4, -0.2) is 28.2 Å². The molecule has 6 nitrogen and oxygen atoms in total. The van der Waals surface area contributed by atoms with Crippen LogP contribution in [0.25, 0.3) is 12.2 Å². The smallest absolute Gasteiger partial charge is 0.242 e. The van der Waals surface area contributed by atoms with E-state index in [9.17, 15) is 4.79 Å². The van der Waals surface area contributed by atoms with Gasteiger partial charge in [-0.05, 0) is 41.5 Å². The van der Waals surface area contributed by atoms with E-state index >= 15 is 0 Å². The lowest BCUT2D eigenvalue weighted by Crippen LogP contribution is -2.19. The van der Waals surface area contributed by atoms with Gasteiger partial charge in [0.25, 0.3) is 0 Å². The minimum Gasteiger partial charge on any atom is -0.497 e. The summed E-state index contributed by atoms with van der Waals surface area (Å²) in [6.07, 6.45) is 3.82. The Morgan fingerprint density at radius 1 is 0.969 bits per heavy atom. The zero-order chi connectivity index (χ0) is 22.2. The van der Waals surface area contributed by atoms with E-state index in [1.807, 2.05) is 84.9 Å². The van der Waals surface area contributed by atoms with Crippen LogP contribution in [-0.2, 0) is 4.79 Å². The van der Waals surface area contributed by atoms with Gasteiger partial charge in [0.15, 0.2) is 0 Å². The summed E-state index contributed by atoms with van der Waals surface area (Å²) in [5.41, 5.74) is 2.63. The van der Waals surface area contributed by atoms with Crippen molar-refractivity contribution in [1.29, 1.82) is 0 Å². The van der Waals surface area contributed by atoms with Crippen molar-refractivity contribution in [3.63, 3.8) is 0 Å². The second kappa shape index (κ2) is 10.5. The van der Waals surface area contributed by atoms with Gasteiger partial charge in [-0.15, -0.1) is 5.10 Å². The number of aromatic amines is 1. The number of benzene rings is 3. The molecule has 2 N–H and O–H groups in total. The Labute approximate surface area is 190 Å². The van der Waals surface area contributed by atoms with Gasteiger partial charge in [0.2, 0.25) is 11.1 Å². The second-order valence-electron chi connectivity index (χ2n) is 6.87. The third-order valence-corrected chi connectivity index (χ3v) is 5.75. The molecule has 0 aliphatic carbocycles. The number of rotatable bonds is 8. The normalized spacial score (nSPS) is 11.9. The van der Waals surface area contributed by atoms with E-state index in [4.69, 9.17) is 4.74 Å². The Morgan fingerprint density at radius 2 is 1.66 bits per heavy atom. The Kier molecular flexibility index (Phi) is 6.99. The first-order valence-corrected chi connectivity index (χ1v) is 10.9. The van der Waals surface area contributed by atoms with Gasteiger partial charge in [0.1, 0.15) is 16.8 Å². The van der Waals surface area contributed by atoms with Crippen molar-refractivity contribution in [2.75, 3.05) is 12.4 Å². The number of carbonyl (C=O) groups is 1. The lowest BCUT2D eigenvalue weighted by Gasteiger charge is -2.15. The minimum absolute atomic E-state index is 0.155.